The van der Waals surface area contributed by atoms with Gasteiger partial charge in [-0.15, -0.1) is 0 Å². The van der Waals surface area contributed by atoms with Crippen molar-refractivity contribution in [3.63, 3.8) is 0 Å². The molecule has 2 rings (SSSR count). The first-order chi connectivity index (χ1) is 8.58. The van der Waals surface area contributed by atoms with Crippen molar-refractivity contribution in [2.24, 2.45) is 0 Å². The van der Waals surface area contributed by atoms with Crippen molar-refractivity contribution in [1.82, 2.24) is 5.32 Å². The highest BCUT2D eigenvalue weighted by Gasteiger charge is 2.24. The summed E-state index contributed by atoms with van der Waals surface area (Å²) in [6, 6.07) is 4.93. The van der Waals surface area contributed by atoms with Gasteiger partial charge < -0.3 is 10.4 Å². The van der Waals surface area contributed by atoms with Crippen LogP contribution in [0.5, 0.6) is 0 Å². The number of hydrogen-bond donors (Lipinski definition) is 2. The third-order valence-electron chi connectivity index (χ3n) is 3.64. The molecule has 1 aromatic carbocycles. The zero-order valence-electron chi connectivity index (χ0n) is 10.5. The van der Waals surface area contributed by atoms with Crippen LogP contribution in [0.15, 0.2) is 18.2 Å². The van der Waals surface area contributed by atoms with Crippen molar-refractivity contribution in [2.45, 2.75) is 50.8 Å². The zero-order valence-corrected chi connectivity index (χ0v) is 11.3. The van der Waals surface area contributed by atoms with E-state index in [1.54, 1.807) is 12.1 Å². The van der Waals surface area contributed by atoms with Crippen molar-refractivity contribution in [3.05, 3.63) is 34.6 Å². The summed E-state index contributed by atoms with van der Waals surface area (Å²) < 4.78 is 13.1. The number of hydrogen-bond acceptors (Lipinski definition) is 2. The highest BCUT2D eigenvalue weighted by Crippen LogP contribution is 2.24. The summed E-state index contributed by atoms with van der Waals surface area (Å²) in [5.74, 6) is -0.398. The summed E-state index contributed by atoms with van der Waals surface area (Å²) >= 11 is 5.78. The predicted octanol–water partition coefficient (Wildman–Crippen LogP) is 3.43. The van der Waals surface area contributed by atoms with Crippen molar-refractivity contribution < 1.29 is 9.50 Å². The van der Waals surface area contributed by atoms with Gasteiger partial charge in [0, 0.05) is 12.1 Å². The van der Waals surface area contributed by atoms with Gasteiger partial charge in [-0.2, -0.15) is 0 Å². The van der Waals surface area contributed by atoms with E-state index in [1.807, 2.05) is 6.92 Å². The van der Waals surface area contributed by atoms with Gasteiger partial charge >= 0.3 is 0 Å². The van der Waals surface area contributed by atoms with Gasteiger partial charge in [0.2, 0.25) is 0 Å². The van der Waals surface area contributed by atoms with Crippen LogP contribution in [0.1, 0.15) is 44.2 Å². The molecule has 2 N–H and O–H groups in total. The van der Waals surface area contributed by atoms with Gasteiger partial charge in [0.1, 0.15) is 5.82 Å². The second-order valence-electron chi connectivity index (χ2n) is 5.02. The SMILES string of the molecule is CC(NC1CCCCC1O)c1ccc(F)c(Cl)c1. The minimum atomic E-state index is -0.398. The Bertz CT molecular complexity index is 413. The average molecular weight is 272 g/mol. The second kappa shape index (κ2) is 6.00. The monoisotopic (exact) mass is 271 g/mol. The molecule has 1 aliphatic rings. The Balaban J connectivity index is 2.02. The smallest absolute Gasteiger partial charge is 0.141 e. The highest BCUT2D eigenvalue weighted by molar-refractivity contribution is 6.30. The Morgan fingerprint density at radius 3 is 2.78 bits per heavy atom. The fraction of sp³-hybridized carbons (Fsp3) is 0.571. The number of aliphatic hydroxyl groups excluding tert-OH is 1. The topological polar surface area (TPSA) is 32.3 Å². The maximum atomic E-state index is 13.1. The molecular weight excluding hydrogens is 253 g/mol. The van der Waals surface area contributed by atoms with E-state index >= 15 is 0 Å². The normalized spacial score (nSPS) is 26.0. The lowest BCUT2D eigenvalue weighted by Crippen LogP contribution is -2.43. The van der Waals surface area contributed by atoms with E-state index < -0.39 is 5.82 Å². The summed E-state index contributed by atoms with van der Waals surface area (Å²) in [5.41, 5.74) is 0.944. The highest BCUT2D eigenvalue weighted by atomic mass is 35.5. The first-order valence-electron chi connectivity index (χ1n) is 6.47. The Kier molecular flexibility index (Phi) is 4.60. The lowest BCUT2D eigenvalue weighted by Gasteiger charge is -2.31. The van der Waals surface area contributed by atoms with Crippen LogP contribution in [0.25, 0.3) is 0 Å². The van der Waals surface area contributed by atoms with Gasteiger partial charge in [0.15, 0.2) is 0 Å². The molecule has 0 heterocycles. The van der Waals surface area contributed by atoms with Crippen molar-refractivity contribution >= 4 is 11.6 Å². The molecule has 0 aliphatic heterocycles. The number of rotatable bonds is 3. The molecule has 100 valence electrons. The van der Waals surface area contributed by atoms with Crippen LogP contribution in [0.4, 0.5) is 4.39 Å². The van der Waals surface area contributed by atoms with E-state index in [9.17, 15) is 9.50 Å². The van der Waals surface area contributed by atoms with Gasteiger partial charge in [0.05, 0.1) is 11.1 Å². The van der Waals surface area contributed by atoms with Crippen molar-refractivity contribution in [2.75, 3.05) is 0 Å². The molecule has 0 aromatic heterocycles. The van der Waals surface area contributed by atoms with E-state index in [0.29, 0.717) is 0 Å². The Labute approximate surface area is 112 Å². The van der Waals surface area contributed by atoms with Crippen LogP contribution >= 0.6 is 11.6 Å². The first-order valence-corrected chi connectivity index (χ1v) is 6.85. The summed E-state index contributed by atoms with van der Waals surface area (Å²) in [6.45, 7) is 2.00. The largest absolute Gasteiger partial charge is 0.392 e. The molecule has 1 aromatic rings. The maximum Gasteiger partial charge on any atom is 0.141 e. The number of nitrogens with one attached hydrogen (secondary N) is 1. The summed E-state index contributed by atoms with van der Waals surface area (Å²) in [6.07, 6.45) is 3.80. The summed E-state index contributed by atoms with van der Waals surface area (Å²) in [5, 5.41) is 13.5. The minimum absolute atomic E-state index is 0.0563. The van der Waals surface area contributed by atoms with Crippen LogP contribution in [0, 0.1) is 5.82 Å². The second-order valence-corrected chi connectivity index (χ2v) is 5.43. The molecule has 0 amide bonds. The van der Waals surface area contributed by atoms with Gasteiger partial charge in [-0.1, -0.05) is 30.5 Å². The maximum absolute atomic E-state index is 13.1. The molecule has 4 heteroatoms. The Morgan fingerprint density at radius 2 is 2.11 bits per heavy atom. The standard InChI is InChI=1S/C14H19ClFNO/c1-9(10-6-7-12(16)11(15)8-10)17-13-4-2-3-5-14(13)18/h6-9,13-14,17-18H,2-5H2,1H3. The minimum Gasteiger partial charge on any atom is -0.392 e. The molecule has 3 atom stereocenters. The molecule has 1 fully saturated rings. The molecule has 0 spiro atoms. The van der Waals surface area contributed by atoms with Gasteiger partial charge in [-0.05, 0) is 37.5 Å². The van der Waals surface area contributed by atoms with E-state index in [1.165, 1.54) is 6.07 Å². The predicted molar refractivity (Wildman–Crippen MR) is 71.2 cm³/mol. The lowest BCUT2D eigenvalue weighted by molar-refractivity contribution is 0.0860. The molecule has 3 unspecified atom stereocenters. The summed E-state index contributed by atoms with van der Waals surface area (Å²) in [7, 11) is 0. The van der Waals surface area contributed by atoms with E-state index in [0.717, 1.165) is 31.2 Å². The summed E-state index contributed by atoms with van der Waals surface area (Å²) in [4.78, 5) is 0. The molecular formula is C14H19ClFNO. The molecule has 0 radical (unpaired) electrons. The fourth-order valence-electron chi connectivity index (χ4n) is 2.50. The van der Waals surface area contributed by atoms with Crippen LogP contribution in [0.2, 0.25) is 5.02 Å². The number of halogens is 2. The van der Waals surface area contributed by atoms with Gasteiger partial charge in [-0.3, -0.25) is 0 Å². The zero-order chi connectivity index (χ0) is 13.1. The molecule has 0 bridgehead atoms. The Morgan fingerprint density at radius 1 is 1.39 bits per heavy atom. The van der Waals surface area contributed by atoms with Crippen molar-refractivity contribution in [1.29, 1.82) is 0 Å². The third-order valence-corrected chi connectivity index (χ3v) is 3.93. The fourth-order valence-corrected chi connectivity index (χ4v) is 2.69. The first kappa shape index (κ1) is 13.8. The molecule has 2 nitrogen and oxygen atoms in total. The van der Waals surface area contributed by atoms with Crippen LogP contribution in [-0.4, -0.2) is 17.3 Å². The molecule has 18 heavy (non-hydrogen) atoms. The molecule has 1 aliphatic carbocycles. The van der Waals surface area contributed by atoms with Crippen LogP contribution < -0.4 is 5.32 Å². The quantitative estimate of drug-likeness (QED) is 0.883. The van der Waals surface area contributed by atoms with E-state index in [2.05, 4.69) is 5.32 Å². The Hall–Kier alpha value is -0.640. The van der Waals surface area contributed by atoms with Gasteiger partial charge in [-0.25, -0.2) is 4.39 Å². The van der Waals surface area contributed by atoms with Gasteiger partial charge in [0.25, 0.3) is 0 Å². The molecule has 0 saturated heterocycles. The third kappa shape index (κ3) is 3.22. The average Bonchev–Trinajstić information content (AvgIpc) is 2.35. The molecule has 1 saturated carbocycles. The van der Waals surface area contributed by atoms with E-state index in [4.69, 9.17) is 11.6 Å². The van der Waals surface area contributed by atoms with Crippen LogP contribution in [0.3, 0.4) is 0 Å². The lowest BCUT2D eigenvalue weighted by atomic mass is 9.91. The van der Waals surface area contributed by atoms with E-state index in [-0.39, 0.29) is 23.2 Å². The van der Waals surface area contributed by atoms with Crippen LogP contribution in [-0.2, 0) is 0 Å². The number of aliphatic hydroxyl groups is 1. The number of benzene rings is 1. The van der Waals surface area contributed by atoms with Crippen molar-refractivity contribution in [3.8, 4) is 0 Å².